The monoisotopic (exact) mass is 302 g/mol. The van der Waals surface area contributed by atoms with E-state index >= 15 is 0 Å². The number of imide groups is 1. The van der Waals surface area contributed by atoms with Crippen molar-refractivity contribution >= 4 is 28.4 Å². The van der Waals surface area contributed by atoms with Gasteiger partial charge in [0.1, 0.15) is 6.04 Å². The smallest absolute Gasteiger partial charge is 0.321 e. The lowest BCUT2D eigenvalue weighted by Gasteiger charge is -2.15. The molecule has 4 nitrogen and oxygen atoms in total. The maximum absolute atomic E-state index is 12.8. The number of fused-ring (bicyclic) bond motifs is 1. The van der Waals surface area contributed by atoms with Crippen LogP contribution < -0.4 is 10.2 Å². The number of carbonyl (C=O) groups excluding carboxylic acids is 2. The number of hydrogen-bond donors (Lipinski definition) is 1. The third kappa shape index (κ3) is 2.16. The summed E-state index contributed by atoms with van der Waals surface area (Å²) >= 11 is 0. The van der Waals surface area contributed by atoms with Crippen LogP contribution in [0, 0.1) is 0 Å². The van der Waals surface area contributed by atoms with Crippen LogP contribution in [0.15, 0.2) is 72.8 Å². The molecule has 3 amide bonds. The normalized spacial score (nSPS) is 17.6. The Bertz CT molecular complexity index is 900. The predicted molar refractivity (Wildman–Crippen MR) is 89.1 cm³/mol. The summed E-state index contributed by atoms with van der Waals surface area (Å²) < 4.78 is 0. The molecule has 23 heavy (non-hydrogen) atoms. The van der Waals surface area contributed by atoms with E-state index in [-0.39, 0.29) is 11.9 Å². The quantitative estimate of drug-likeness (QED) is 0.735. The lowest BCUT2D eigenvalue weighted by molar-refractivity contribution is -0.118. The first kappa shape index (κ1) is 13.5. The molecular weight excluding hydrogens is 288 g/mol. The summed E-state index contributed by atoms with van der Waals surface area (Å²) in [7, 11) is 0. The standard InChI is InChI=1S/C19H14N2O2/c22-18-17(14-8-2-1-3-9-14)20-19(23)21(18)16-12-6-10-13-7-4-5-11-15(13)16/h1-12,17H,(H,20,23). The van der Waals surface area contributed by atoms with Gasteiger partial charge < -0.3 is 5.32 Å². The summed E-state index contributed by atoms with van der Waals surface area (Å²) in [5.74, 6) is -0.252. The Kier molecular flexibility index (Phi) is 3.08. The molecule has 1 saturated heterocycles. The molecular formula is C19H14N2O2. The van der Waals surface area contributed by atoms with Crippen LogP contribution in [-0.2, 0) is 4.79 Å². The third-order valence-electron chi connectivity index (χ3n) is 4.08. The second-order valence-electron chi connectivity index (χ2n) is 5.47. The topological polar surface area (TPSA) is 49.4 Å². The summed E-state index contributed by atoms with van der Waals surface area (Å²) in [6.07, 6.45) is 0. The molecule has 1 fully saturated rings. The molecule has 1 aliphatic heterocycles. The zero-order chi connectivity index (χ0) is 15.8. The number of carbonyl (C=O) groups is 2. The van der Waals surface area contributed by atoms with E-state index in [1.807, 2.05) is 66.7 Å². The molecule has 1 atom stereocenters. The van der Waals surface area contributed by atoms with Crippen LogP contribution in [-0.4, -0.2) is 11.9 Å². The maximum atomic E-state index is 12.8. The van der Waals surface area contributed by atoms with Crippen LogP contribution in [0.2, 0.25) is 0 Å². The van der Waals surface area contributed by atoms with Gasteiger partial charge in [0.15, 0.2) is 0 Å². The summed E-state index contributed by atoms with van der Waals surface area (Å²) in [5, 5.41) is 4.65. The maximum Gasteiger partial charge on any atom is 0.329 e. The number of anilines is 1. The molecule has 1 N–H and O–H groups in total. The minimum Gasteiger partial charge on any atom is -0.321 e. The summed E-state index contributed by atoms with van der Waals surface area (Å²) in [6, 6.07) is 21.6. The average Bonchev–Trinajstić information content (AvgIpc) is 2.90. The summed E-state index contributed by atoms with van der Waals surface area (Å²) in [6.45, 7) is 0. The Balaban J connectivity index is 1.80. The van der Waals surface area contributed by atoms with Crippen molar-refractivity contribution in [3.05, 3.63) is 78.4 Å². The van der Waals surface area contributed by atoms with Gasteiger partial charge in [-0.15, -0.1) is 0 Å². The highest BCUT2D eigenvalue weighted by molar-refractivity contribution is 6.24. The molecule has 4 rings (SSSR count). The Hall–Kier alpha value is -3.14. The molecule has 3 aromatic carbocycles. The van der Waals surface area contributed by atoms with Crippen LogP contribution in [0.5, 0.6) is 0 Å². The second-order valence-corrected chi connectivity index (χ2v) is 5.47. The Morgan fingerprint density at radius 1 is 0.783 bits per heavy atom. The van der Waals surface area contributed by atoms with Gasteiger partial charge >= 0.3 is 6.03 Å². The molecule has 1 heterocycles. The first-order valence-electron chi connectivity index (χ1n) is 7.43. The molecule has 0 saturated carbocycles. The SMILES string of the molecule is O=C1NC(c2ccccc2)C(=O)N1c1cccc2ccccc12. The van der Waals surface area contributed by atoms with Crippen LogP contribution >= 0.6 is 0 Å². The van der Waals surface area contributed by atoms with Crippen molar-refractivity contribution < 1.29 is 9.59 Å². The van der Waals surface area contributed by atoms with Crippen molar-refractivity contribution in [1.29, 1.82) is 0 Å². The highest BCUT2D eigenvalue weighted by atomic mass is 16.2. The number of rotatable bonds is 2. The van der Waals surface area contributed by atoms with E-state index in [2.05, 4.69) is 5.32 Å². The second kappa shape index (κ2) is 5.25. The molecule has 0 spiro atoms. The van der Waals surface area contributed by atoms with Gasteiger partial charge in [-0.25, -0.2) is 9.69 Å². The number of nitrogens with zero attached hydrogens (tertiary/aromatic N) is 1. The zero-order valence-electron chi connectivity index (χ0n) is 12.3. The summed E-state index contributed by atoms with van der Waals surface area (Å²) in [4.78, 5) is 26.4. The number of nitrogens with one attached hydrogen (secondary N) is 1. The molecule has 1 aliphatic rings. The van der Waals surface area contributed by atoms with E-state index in [9.17, 15) is 9.59 Å². The van der Waals surface area contributed by atoms with Gasteiger partial charge in [0, 0.05) is 5.39 Å². The zero-order valence-corrected chi connectivity index (χ0v) is 12.3. The first-order valence-corrected chi connectivity index (χ1v) is 7.43. The van der Waals surface area contributed by atoms with Gasteiger partial charge in [0.2, 0.25) is 0 Å². The third-order valence-corrected chi connectivity index (χ3v) is 4.08. The Morgan fingerprint density at radius 2 is 1.48 bits per heavy atom. The lowest BCUT2D eigenvalue weighted by atomic mass is 10.1. The minimum absolute atomic E-state index is 0.252. The van der Waals surface area contributed by atoms with Crippen molar-refractivity contribution in [3.63, 3.8) is 0 Å². The van der Waals surface area contributed by atoms with Gasteiger partial charge in [-0.1, -0.05) is 66.7 Å². The van der Waals surface area contributed by atoms with E-state index in [1.165, 1.54) is 4.90 Å². The van der Waals surface area contributed by atoms with Gasteiger partial charge in [0.05, 0.1) is 5.69 Å². The van der Waals surface area contributed by atoms with Crippen molar-refractivity contribution in [2.75, 3.05) is 4.90 Å². The van der Waals surface area contributed by atoms with Crippen molar-refractivity contribution in [2.45, 2.75) is 6.04 Å². The molecule has 0 aliphatic carbocycles. The van der Waals surface area contributed by atoms with E-state index < -0.39 is 6.04 Å². The molecule has 0 radical (unpaired) electrons. The Morgan fingerprint density at radius 3 is 2.30 bits per heavy atom. The van der Waals surface area contributed by atoms with Crippen LogP contribution in [0.1, 0.15) is 11.6 Å². The van der Waals surface area contributed by atoms with Crippen molar-refractivity contribution in [2.24, 2.45) is 0 Å². The number of benzene rings is 3. The summed E-state index contributed by atoms with van der Waals surface area (Å²) in [5.41, 5.74) is 1.40. The van der Waals surface area contributed by atoms with Crippen LogP contribution in [0.25, 0.3) is 10.8 Å². The molecule has 4 heteroatoms. The van der Waals surface area contributed by atoms with E-state index in [4.69, 9.17) is 0 Å². The van der Waals surface area contributed by atoms with Gasteiger partial charge in [-0.2, -0.15) is 0 Å². The highest BCUT2D eigenvalue weighted by Gasteiger charge is 2.40. The Labute approximate surface area is 133 Å². The fourth-order valence-corrected chi connectivity index (χ4v) is 2.98. The molecule has 112 valence electrons. The lowest BCUT2D eigenvalue weighted by Crippen LogP contribution is -2.30. The fourth-order valence-electron chi connectivity index (χ4n) is 2.98. The van der Waals surface area contributed by atoms with E-state index in [0.29, 0.717) is 5.69 Å². The van der Waals surface area contributed by atoms with Crippen LogP contribution in [0.4, 0.5) is 10.5 Å². The van der Waals surface area contributed by atoms with Gasteiger partial charge in [0.25, 0.3) is 5.91 Å². The van der Waals surface area contributed by atoms with Crippen molar-refractivity contribution in [1.82, 2.24) is 5.32 Å². The average molecular weight is 302 g/mol. The molecule has 0 bridgehead atoms. The largest absolute Gasteiger partial charge is 0.329 e. The number of urea groups is 1. The predicted octanol–water partition coefficient (Wildman–Crippen LogP) is 3.64. The van der Waals surface area contributed by atoms with E-state index in [0.717, 1.165) is 16.3 Å². The fraction of sp³-hybridized carbons (Fsp3) is 0.0526. The van der Waals surface area contributed by atoms with E-state index in [1.54, 1.807) is 6.07 Å². The van der Waals surface area contributed by atoms with Crippen molar-refractivity contribution in [3.8, 4) is 0 Å². The molecule has 0 aromatic heterocycles. The first-order chi connectivity index (χ1) is 11.3. The van der Waals surface area contributed by atoms with Gasteiger partial charge in [-0.05, 0) is 17.0 Å². The van der Waals surface area contributed by atoms with Crippen LogP contribution in [0.3, 0.4) is 0 Å². The molecule has 1 unspecified atom stereocenters. The van der Waals surface area contributed by atoms with Gasteiger partial charge in [-0.3, -0.25) is 4.79 Å². The number of hydrogen-bond acceptors (Lipinski definition) is 2. The number of amides is 3. The highest BCUT2D eigenvalue weighted by Crippen LogP contribution is 2.32. The molecule has 3 aromatic rings. The minimum atomic E-state index is -0.636.